The van der Waals surface area contributed by atoms with E-state index in [-0.39, 0.29) is 43.6 Å². The fourth-order valence-electron chi connectivity index (χ4n) is 5.37. The minimum absolute atomic E-state index is 0.0669. The van der Waals surface area contributed by atoms with Crippen molar-refractivity contribution in [2.45, 2.75) is 94.8 Å². The van der Waals surface area contributed by atoms with E-state index in [4.69, 9.17) is 4.98 Å². The van der Waals surface area contributed by atoms with Crippen molar-refractivity contribution in [3.05, 3.63) is 35.7 Å². The standard InChI is InChI=1S/C27H34F5N7O2S/c1-16(2)39-20(8-12-33-39)24(41)37-23(17-5-9-26(28,29)10-6-17)19-13-38-21(35-19)14-42(15-34-38)25(18-3-4-18)36-22(40)7-11-27(30,31)32/h8,12-18,23,25H,3-7,9-11H2,1-2H3,(H,36,40)(H,37,41)/t23-,25+,42?/m0/s1. The molecule has 0 bridgehead atoms. The molecule has 3 atom stereocenters. The Balaban J connectivity index is 1.38. The smallest absolute Gasteiger partial charge is 0.344 e. The van der Waals surface area contributed by atoms with Gasteiger partial charge in [-0.25, -0.2) is 18.4 Å². The Morgan fingerprint density at radius 2 is 1.83 bits per heavy atom. The second kappa shape index (κ2) is 11.9. The van der Waals surface area contributed by atoms with E-state index in [1.54, 1.807) is 22.5 Å². The van der Waals surface area contributed by atoms with Gasteiger partial charge >= 0.3 is 6.18 Å². The second-order valence-corrected chi connectivity index (χ2v) is 13.2. The van der Waals surface area contributed by atoms with Crippen LogP contribution in [0.4, 0.5) is 22.0 Å². The summed E-state index contributed by atoms with van der Waals surface area (Å²) < 4.78 is 69.0. The fraction of sp³-hybridized carbons (Fsp3) is 0.630. The van der Waals surface area contributed by atoms with Crippen LogP contribution in [0.5, 0.6) is 0 Å². The summed E-state index contributed by atoms with van der Waals surface area (Å²) in [6.45, 7) is 3.79. The monoisotopic (exact) mass is 615 g/mol. The fourth-order valence-corrected chi connectivity index (χ4v) is 7.30. The van der Waals surface area contributed by atoms with Gasteiger partial charge in [-0.2, -0.15) is 23.4 Å². The number of imidazole rings is 1. The summed E-state index contributed by atoms with van der Waals surface area (Å²) in [4.78, 5) is 30.4. The molecule has 2 N–H and O–H groups in total. The highest BCUT2D eigenvalue weighted by Gasteiger charge is 2.40. The summed E-state index contributed by atoms with van der Waals surface area (Å²) in [7, 11) is -0.726. The Morgan fingerprint density at radius 3 is 2.48 bits per heavy atom. The quantitative estimate of drug-likeness (QED) is 0.277. The van der Waals surface area contributed by atoms with Crippen molar-refractivity contribution < 1.29 is 31.5 Å². The minimum atomic E-state index is -4.41. The number of hydrogen-bond acceptors (Lipinski definition) is 5. The van der Waals surface area contributed by atoms with E-state index in [9.17, 15) is 31.5 Å². The highest BCUT2D eigenvalue weighted by molar-refractivity contribution is 8.27. The Morgan fingerprint density at radius 1 is 1.12 bits per heavy atom. The van der Waals surface area contributed by atoms with Crippen molar-refractivity contribution in [3.8, 4) is 0 Å². The van der Waals surface area contributed by atoms with E-state index in [0.29, 0.717) is 17.2 Å². The minimum Gasteiger partial charge on any atom is -0.344 e. The number of alkyl halides is 5. The number of fused-ring (bicyclic) bond motifs is 1. The molecule has 2 aliphatic carbocycles. The number of rotatable bonds is 10. The van der Waals surface area contributed by atoms with Gasteiger partial charge in [0, 0.05) is 36.9 Å². The summed E-state index contributed by atoms with van der Waals surface area (Å²) in [5.41, 5.74) is 2.47. The Bertz CT molecular complexity index is 1370. The molecule has 5 rings (SSSR count). The van der Waals surface area contributed by atoms with Crippen LogP contribution in [0.1, 0.15) is 99.3 Å². The van der Waals surface area contributed by atoms with Gasteiger partial charge in [-0.1, -0.05) is 0 Å². The third-order valence-electron chi connectivity index (χ3n) is 7.78. The topological polar surface area (TPSA) is 106 Å². The van der Waals surface area contributed by atoms with E-state index in [1.165, 1.54) is 10.9 Å². The van der Waals surface area contributed by atoms with Crippen molar-refractivity contribution in [1.29, 1.82) is 0 Å². The van der Waals surface area contributed by atoms with E-state index in [2.05, 4.69) is 20.8 Å². The van der Waals surface area contributed by atoms with Gasteiger partial charge in [0.25, 0.3) is 5.91 Å². The third-order valence-corrected chi connectivity index (χ3v) is 9.69. The number of aromatic nitrogens is 4. The van der Waals surface area contributed by atoms with Crippen LogP contribution < -0.4 is 10.6 Å². The SMILES string of the molecule is CC(C)n1nccc1C(=O)N[C@H](c1cn2c(n1)C=S([C@@H](NC(=O)CCC(F)(F)F)C1CC1)C=N2)C1CCC(F)(F)CC1. The number of nitrogens with one attached hydrogen (secondary N) is 2. The van der Waals surface area contributed by atoms with Crippen LogP contribution in [0.25, 0.3) is 0 Å². The largest absolute Gasteiger partial charge is 0.389 e. The lowest BCUT2D eigenvalue weighted by atomic mass is 9.81. The first kappa shape index (κ1) is 30.4. The van der Waals surface area contributed by atoms with Crippen molar-refractivity contribution in [2.24, 2.45) is 16.9 Å². The van der Waals surface area contributed by atoms with Gasteiger partial charge < -0.3 is 10.6 Å². The summed E-state index contributed by atoms with van der Waals surface area (Å²) in [6, 6.07) is 0.876. The average molecular weight is 616 g/mol. The van der Waals surface area contributed by atoms with Gasteiger partial charge in [0.1, 0.15) is 5.69 Å². The Kier molecular flexibility index (Phi) is 8.59. The van der Waals surface area contributed by atoms with Gasteiger partial charge in [-0.3, -0.25) is 14.3 Å². The first-order chi connectivity index (χ1) is 19.8. The number of amides is 2. The van der Waals surface area contributed by atoms with Gasteiger partial charge in [0.2, 0.25) is 11.8 Å². The maximum atomic E-state index is 14.0. The van der Waals surface area contributed by atoms with Gasteiger partial charge in [0.05, 0.1) is 35.3 Å². The normalized spacial score (nSPS) is 21.9. The lowest BCUT2D eigenvalue weighted by molar-refractivity contribution is -0.144. The molecule has 2 amide bonds. The molecule has 0 saturated heterocycles. The van der Waals surface area contributed by atoms with Crippen LogP contribution in [0.3, 0.4) is 0 Å². The van der Waals surface area contributed by atoms with Crippen LogP contribution in [0.2, 0.25) is 0 Å². The zero-order valence-corrected chi connectivity index (χ0v) is 24.1. The number of hydrogen-bond donors (Lipinski definition) is 2. The molecule has 230 valence electrons. The van der Waals surface area contributed by atoms with Crippen LogP contribution in [0.15, 0.2) is 23.6 Å². The molecule has 15 heteroatoms. The molecule has 1 aliphatic heterocycles. The first-order valence-corrected chi connectivity index (χ1v) is 15.5. The third kappa shape index (κ3) is 7.27. The number of halogens is 5. The Labute approximate surface area is 242 Å². The average Bonchev–Trinajstić information content (AvgIpc) is 3.47. The van der Waals surface area contributed by atoms with Crippen LogP contribution in [-0.2, 0) is 4.79 Å². The maximum Gasteiger partial charge on any atom is 0.389 e. The van der Waals surface area contributed by atoms with Crippen LogP contribution >= 0.6 is 10.5 Å². The predicted octanol–water partition coefficient (Wildman–Crippen LogP) is 5.38. The predicted molar refractivity (Wildman–Crippen MR) is 149 cm³/mol. The van der Waals surface area contributed by atoms with Crippen molar-refractivity contribution in [2.75, 3.05) is 0 Å². The summed E-state index contributed by atoms with van der Waals surface area (Å²) in [5, 5.41) is 15.9. The molecular formula is C27H34F5N7O2S. The molecule has 2 aromatic rings. The highest BCUT2D eigenvalue weighted by Crippen LogP contribution is 2.43. The van der Waals surface area contributed by atoms with E-state index >= 15 is 0 Å². The summed E-state index contributed by atoms with van der Waals surface area (Å²) in [6.07, 6.45) is -1.52. The molecule has 0 aromatic carbocycles. The molecule has 0 spiro atoms. The van der Waals surface area contributed by atoms with Gasteiger partial charge in [0.15, 0.2) is 5.82 Å². The summed E-state index contributed by atoms with van der Waals surface area (Å²) in [5.74, 6) is -3.49. The number of carbonyl (C=O) groups is 2. The zero-order valence-electron chi connectivity index (χ0n) is 23.3. The van der Waals surface area contributed by atoms with E-state index in [1.807, 2.05) is 19.2 Å². The lowest BCUT2D eigenvalue weighted by Crippen LogP contribution is -2.38. The van der Waals surface area contributed by atoms with E-state index in [0.717, 1.165) is 12.8 Å². The second-order valence-electron chi connectivity index (χ2n) is 11.5. The van der Waals surface area contributed by atoms with Gasteiger partial charge in [-0.05, 0) is 57.4 Å². The molecule has 0 radical (unpaired) electrons. The number of carbonyl (C=O) groups excluding carboxylic acids is 2. The lowest BCUT2D eigenvalue weighted by Gasteiger charge is -2.33. The molecule has 3 aliphatic rings. The molecule has 3 heterocycles. The van der Waals surface area contributed by atoms with Crippen molar-refractivity contribution in [3.63, 3.8) is 0 Å². The van der Waals surface area contributed by atoms with E-state index < -0.39 is 58.7 Å². The first-order valence-electron chi connectivity index (χ1n) is 14.1. The van der Waals surface area contributed by atoms with Crippen LogP contribution in [-0.4, -0.2) is 59.6 Å². The summed E-state index contributed by atoms with van der Waals surface area (Å²) >= 11 is 0. The molecule has 2 aromatic heterocycles. The molecule has 1 unspecified atom stereocenters. The Hall–Kier alpha value is -3.10. The maximum absolute atomic E-state index is 14.0. The number of nitrogens with zero attached hydrogens (tertiary/aromatic N) is 5. The molecule has 2 fully saturated rings. The molecule has 9 nitrogen and oxygen atoms in total. The highest BCUT2D eigenvalue weighted by atomic mass is 32.2. The molecule has 42 heavy (non-hydrogen) atoms. The van der Waals surface area contributed by atoms with Gasteiger partial charge in [-0.15, -0.1) is 10.5 Å². The zero-order chi connectivity index (χ0) is 30.2. The van der Waals surface area contributed by atoms with Crippen molar-refractivity contribution >= 4 is 33.2 Å². The molecule has 2 saturated carbocycles. The molecular weight excluding hydrogens is 581 g/mol. The van der Waals surface area contributed by atoms with Crippen LogP contribution in [0, 0.1) is 11.8 Å². The van der Waals surface area contributed by atoms with Crippen molar-refractivity contribution in [1.82, 2.24) is 30.1 Å².